The number of benzene rings is 1. The van der Waals surface area contributed by atoms with Crippen molar-refractivity contribution >= 4 is 0 Å². The molecule has 4 fully saturated rings. The first-order valence-corrected chi connectivity index (χ1v) is 7.22. The summed E-state index contributed by atoms with van der Waals surface area (Å²) in [5.41, 5.74) is 1.17. The number of phenols is 2. The van der Waals surface area contributed by atoms with Crippen LogP contribution < -0.4 is 0 Å². The van der Waals surface area contributed by atoms with Crippen molar-refractivity contribution in [1.82, 2.24) is 0 Å². The Kier molecular flexibility index (Phi) is 2.18. The van der Waals surface area contributed by atoms with Crippen LogP contribution in [-0.4, -0.2) is 10.2 Å². The fourth-order valence-corrected chi connectivity index (χ4v) is 5.28. The van der Waals surface area contributed by atoms with E-state index in [1.165, 1.54) is 43.7 Å². The SMILES string of the molecule is Oc1cc(O)cc(C2C3CC4CC(C3)CC2C4)c1. The highest BCUT2D eigenvalue weighted by Crippen LogP contribution is 2.60. The topological polar surface area (TPSA) is 40.5 Å². The average molecular weight is 244 g/mol. The lowest BCUT2D eigenvalue weighted by Crippen LogP contribution is -2.43. The zero-order valence-electron chi connectivity index (χ0n) is 10.5. The van der Waals surface area contributed by atoms with E-state index < -0.39 is 0 Å². The van der Waals surface area contributed by atoms with Crippen LogP contribution in [0.15, 0.2) is 18.2 Å². The predicted molar refractivity (Wildman–Crippen MR) is 69.6 cm³/mol. The number of rotatable bonds is 1. The highest BCUT2D eigenvalue weighted by Gasteiger charge is 2.48. The van der Waals surface area contributed by atoms with Crippen molar-refractivity contribution in [3.8, 4) is 11.5 Å². The smallest absolute Gasteiger partial charge is 0.119 e. The van der Waals surface area contributed by atoms with Crippen molar-refractivity contribution in [1.29, 1.82) is 0 Å². The van der Waals surface area contributed by atoms with Gasteiger partial charge in [0.2, 0.25) is 0 Å². The van der Waals surface area contributed by atoms with Gasteiger partial charge in [0.25, 0.3) is 0 Å². The van der Waals surface area contributed by atoms with Crippen LogP contribution in [0.2, 0.25) is 0 Å². The van der Waals surface area contributed by atoms with Crippen molar-refractivity contribution in [3.05, 3.63) is 23.8 Å². The van der Waals surface area contributed by atoms with E-state index in [0.29, 0.717) is 5.92 Å². The minimum Gasteiger partial charge on any atom is -0.508 e. The lowest BCUT2D eigenvalue weighted by Gasteiger charge is -2.54. The van der Waals surface area contributed by atoms with Gasteiger partial charge in [-0.1, -0.05) is 0 Å². The van der Waals surface area contributed by atoms with Gasteiger partial charge in [-0.05, 0) is 79.4 Å². The van der Waals surface area contributed by atoms with Crippen LogP contribution in [0.5, 0.6) is 11.5 Å². The number of hydrogen-bond donors (Lipinski definition) is 2. The first-order chi connectivity index (χ1) is 8.69. The van der Waals surface area contributed by atoms with Gasteiger partial charge in [-0.3, -0.25) is 0 Å². The van der Waals surface area contributed by atoms with Gasteiger partial charge in [-0.2, -0.15) is 0 Å². The van der Waals surface area contributed by atoms with Crippen molar-refractivity contribution in [3.63, 3.8) is 0 Å². The molecule has 0 amide bonds. The van der Waals surface area contributed by atoms with E-state index in [1.807, 2.05) is 12.1 Å². The van der Waals surface area contributed by atoms with E-state index in [1.54, 1.807) is 0 Å². The van der Waals surface area contributed by atoms with E-state index in [9.17, 15) is 10.2 Å². The molecule has 0 atom stereocenters. The van der Waals surface area contributed by atoms with E-state index in [2.05, 4.69) is 0 Å². The molecule has 1 aromatic carbocycles. The van der Waals surface area contributed by atoms with Crippen LogP contribution in [0.25, 0.3) is 0 Å². The summed E-state index contributed by atoms with van der Waals surface area (Å²) in [5.74, 6) is 4.52. The molecule has 1 aromatic rings. The predicted octanol–water partition coefficient (Wildman–Crippen LogP) is 3.64. The fraction of sp³-hybridized carbons (Fsp3) is 0.625. The van der Waals surface area contributed by atoms with Crippen LogP contribution in [-0.2, 0) is 0 Å². The number of phenolic OH excluding ortho intramolecular Hbond substituents is 2. The van der Waals surface area contributed by atoms with E-state index in [0.717, 1.165) is 23.7 Å². The summed E-state index contributed by atoms with van der Waals surface area (Å²) in [7, 11) is 0. The Bertz CT molecular complexity index is 432. The minimum atomic E-state index is 0.207. The number of hydrogen-bond acceptors (Lipinski definition) is 2. The molecule has 4 aliphatic rings. The maximum atomic E-state index is 9.69. The van der Waals surface area contributed by atoms with Crippen molar-refractivity contribution in [2.24, 2.45) is 23.7 Å². The van der Waals surface area contributed by atoms with Crippen molar-refractivity contribution in [2.75, 3.05) is 0 Å². The average Bonchev–Trinajstić information content (AvgIpc) is 2.25. The number of aromatic hydroxyl groups is 2. The largest absolute Gasteiger partial charge is 0.508 e. The van der Waals surface area contributed by atoms with Crippen molar-refractivity contribution in [2.45, 2.75) is 38.0 Å². The molecule has 4 aliphatic carbocycles. The Morgan fingerprint density at radius 3 is 1.72 bits per heavy atom. The molecule has 0 saturated heterocycles. The summed E-state index contributed by atoms with van der Waals surface area (Å²) in [6.07, 6.45) is 6.94. The molecule has 2 nitrogen and oxygen atoms in total. The molecule has 0 heterocycles. The molecule has 0 spiro atoms. The summed E-state index contributed by atoms with van der Waals surface area (Å²) < 4.78 is 0. The third kappa shape index (κ3) is 1.54. The Balaban J connectivity index is 1.72. The molecular formula is C16H20O2. The maximum absolute atomic E-state index is 9.69. The zero-order chi connectivity index (χ0) is 12.3. The summed E-state index contributed by atoms with van der Waals surface area (Å²) in [6.45, 7) is 0. The Labute approximate surface area is 108 Å². The van der Waals surface area contributed by atoms with E-state index in [4.69, 9.17) is 0 Å². The molecule has 0 radical (unpaired) electrons. The molecule has 4 saturated carbocycles. The molecule has 0 aliphatic heterocycles. The third-order valence-corrected chi connectivity index (χ3v) is 5.54. The second kappa shape index (κ2) is 3.66. The molecule has 5 rings (SSSR count). The van der Waals surface area contributed by atoms with Gasteiger partial charge in [0.15, 0.2) is 0 Å². The quantitative estimate of drug-likeness (QED) is 0.791. The third-order valence-electron chi connectivity index (χ3n) is 5.54. The Morgan fingerprint density at radius 2 is 1.22 bits per heavy atom. The molecule has 0 unspecified atom stereocenters. The van der Waals surface area contributed by atoms with Crippen molar-refractivity contribution < 1.29 is 10.2 Å². The maximum Gasteiger partial charge on any atom is 0.119 e. The highest BCUT2D eigenvalue weighted by atomic mass is 16.3. The molecule has 18 heavy (non-hydrogen) atoms. The van der Waals surface area contributed by atoms with Gasteiger partial charge < -0.3 is 10.2 Å². The normalized spacial score (nSPS) is 41.2. The lowest BCUT2D eigenvalue weighted by molar-refractivity contribution is -0.00287. The molecule has 0 aromatic heterocycles. The van der Waals surface area contributed by atoms with E-state index >= 15 is 0 Å². The lowest BCUT2D eigenvalue weighted by atomic mass is 9.51. The van der Waals surface area contributed by atoms with Gasteiger partial charge in [-0.15, -0.1) is 0 Å². The van der Waals surface area contributed by atoms with Crippen LogP contribution in [0.4, 0.5) is 0 Å². The molecular weight excluding hydrogens is 224 g/mol. The second-order valence-corrected chi connectivity index (χ2v) is 6.74. The summed E-state index contributed by atoms with van der Waals surface area (Å²) in [6, 6.07) is 5.17. The second-order valence-electron chi connectivity index (χ2n) is 6.74. The van der Waals surface area contributed by atoms with Gasteiger partial charge in [0, 0.05) is 6.07 Å². The molecule has 4 bridgehead atoms. The van der Waals surface area contributed by atoms with Gasteiger partial charge >= 0.3 is 0 Å². The van der Waals surface area contributed by atoms with Crippen LogP contribution >= 0.6 is 0 Å². The fourth-order valence-electron chi connectivity index (χ4n) is 5.28. The first-order valence-electron chi connectivity index (χ1n) is 7.22. The summed E-state index contributed by atoms with van der Waals surface area (Å²) >= 11 is 0. The van der Waals surface area contributed by atoms with E-state index in [-0.39, 0.29) is 11.5 Å². The molecule has 96 valence electrons. The van der Waals surface area contributed by atoms with Crippen LogP contribution in [0.3, 0.4) is 0 Å². The zero-order valence-corrected chi connectivity index (χ0v) is 10.5. The first kappa shape index (κ1) is 10.7. The van der Waals surface area contributed by atoms with Gasteiger partial charge in [0.1, 0.15) is 11.5 Å². The monoisotopic (exact) mass is 244 g/mol. The van der Waals surface area contributed by atoms with Crippen LogP contribution in [0.1, 0.15) is 43.6 Å². The van der Waals surface area contributed by atoms with Gasteiger partial charge in [-0.25, -0.2) is 0 Å². The standard InChI is InChI=1S/C16H20O2/c17-14-6-13(7-15(18)8-14)16-11-2-9-1-10(4-11)5-12(16)3-9/h6-12,16-18H,1-5H2. The summed E-state index contributed by atoms with van der Waals surface area (Å²) in [5, 5.41) is 19.4. The summed E-state index contributed by atoms with van der Waals surface area (Å²) in [4.78, 5) is 0. The minimum absolute atomic E-state index is 0.207. The van der Waals surface area contributed by atoms with Crippen LogP contribution in [0, 0.1) is 23.7 Å². The Hall–Kier alpha value is -1.18. The molecule has 2 heteroatoms. The highest BCUT2D eigenvalue weighted by molar-refractivity contribution is 5.39. The Morgan fingerprint density at radius 1 is 0.722 bits per heavy atom. The van der Waals surface area contributed by atoms with Gasteiger partial charge in [0.05, 0.1) is 0 Å². The molecule has 2 N–H and O–H groups in total.